The van der Waals surface area contributed by atoms with Crippen LogP contribution < -0.4 is 31.9 Å². The Kier molecular flexibility index (Phi) is 35.7. The number of aliphatic carboxylic acids is 1. The van der Waals surface area contributed by atoms with Gasteiger partial charge in [-0.25, -0.2) is 24.0 Å². The van der Waals surface area contributed by atoms with Gasteiger partial charge in [0.05, 0.1) is 72.5 Å². The van der Waals surface area contributed by atoms with Crippen LogP contribution in [0.15, 0.2) is 159 Å². The summed E-state index contributed by atoms with van der Waals surface area (Å²) in [6.07, 6.45) is 0.141. The molecule has 3 saturated heterocycles. The van der Waals surface area contributed by atoms with Crippen LogP contribution in [-0.4, -0.2) is 146 Å². The Balaban J connectivity index is 0.000000177. The van der Waals surface area contributed by atoms with E-state index in [2.05, 4.69) is 122 Å². The van der Waals surface area contributed by atoms with E-state index in [0.717, 1.165) is 181 Å². The molecule has 10 aromatic carbocycles. The van der Waals surface area contributed by atoms with Crippen molar-refractivity contribution < 1.29 is 81.4 Å². The molecule has 0 spiro atoms. The molecule has 0 saturated carbocycles. The highest BCUT2D eigenvalue weighted by molar-refractivity contribution is 9.11. The summed E-state index contributed by atoms with van der Waals surface area (Å²) < 4.78 is 48.7. The van der Waals surface area contributed by atoms with Gasteiger partial charge in [-0.1, -0.05) is 168 Å². The molecule has 15 rings (SSSR count). The van der Waals surface area contributed by atoms with Crippen LogP contribution in [0.2, 0.25) is 0 Å². The molecule has 4 aliphatic heterocycles. The fraction of sp³-hybridized carbons (Fsp3) is 0.419. The van der Waals surface area contributed by atoms with Crippen LogP contribution >= 0.6 is 47.8 Å². The van der Waals surface area contributed by atoms with Crippen LogP contribution in [0.4, 0.5) is 33.2 Å². The van der Waals surface area contributed by atoms with Gasteiger partial charge < -0.3 is 74.9 Å². The SMILES string of the molecule is COC(=O)[C@@H](OC(C)(C)C)c1c(C)c(N)c(Br)c(C)c1-c1ccc(C)cc1.COC(=O)[C@@H](OC(C)(C)C)c1c(C)c(NC(=O)[C@@H]2CCCN2)c(Br)c(C)c1-c1ccc(C)cc1.COC(=O)[C@@H](OC(C)(C)C)c1c(C)c(NC(=O)[C@@H]2CCCN2C(=O)OCC2c3ccccc3-c3ccccc32)c(Br)c(C)c1-c1ccc(C)cc1.Cc1ccc(-c2c(C)c3c(c(C)c2[C@H](OC(C)(C)C)C(=O)O)NC(=O)[C@@H]2CCCN32)cc1. The van der Waals surface area contributed by atoms with Crippen molar-refractivity contribution in [3.05, 3.63) is 259 Å². The fourth-order valence-corrected chi connectivity index (χ4v) is 21.6. The van der Waals surface area contributed by atoms with Gasteiger partial charge in [-0.05, 0) is 370 Å². The van der Waals surface area contributed by atoms with Gasteiger partial charge >= 0.3 is 30.0 Å². The van der Waals surface area contributed by atoms with E-state index in [4.69, 9.17) is 43.6 Å². The zero-order valence-electron chi connectivity index (χ0n) is 88.1. The van der Waals surface area contributed by atoms with Crippen LogP contribution in [0.3, 0.4) is 0 Å². The molecule has 0 bridgehead atoms. The molecule has 10 aromatic rings. The maximum absolute atomic E-state index is 14.1. The van der Waals surface area contributed by atoms with E-state index in [0.29, 0.717) is 68.9 Å². The number of hydrogen-bond acceptors (Lipinski definition) is 19. The van der Waals surface area contributed by atoms with Crippen molar-refractivity contribution in [3.8, 4) is 55.6 Å². The number of ether oxygens (including phenoxy) is 8. The van der Waals surface area contributed by atoms with Crippen LogP contribution in [0, 0.1) is 83.1 Å². The number of nitrogens with one attached hydrogen (secondary N) is 4. The summed E-state index contributed by atoms with van der Waals surface area (Å²) in [7, 11) is 4.08. The zero-order valence-corrected chi connectivity index (χ0v) is 92.9. The maximum atomic E-state index is 14.1. The molecule has 0 unspecified atom stereocenters. The van der Waals surface area contributed by atoms with E-state index < -0.39 is 82.8 Å². The Hall–Kier alpha value is -11.4. The average Bonchev–Trinajstić information content (AvgIpc) is 1.30. The fourth-order valence-electron chi connectivity index (χ4n) is 19.9. The number of benzene rings is 10. The number of fused-ring (bicyclic) bond motifs is 6. The second-order valence-electron chi connectivity index (χ2n) is 41.9. The molecule has 27 heteroatoms. The highest BCUT2D eigenvalue weighted by atomic mass is 79.9. The van der Waals surface area contributed by atoms with Gasteiger partial charge in [0.1, 0.15) is 18.7 Å². The lowest BCUT2D eigenvalue weighted by atomic mass is 9.84. The lowest BCUT2D eigenvalue weighted by molar-refractivity contribution is -0.164. The van der Waals surface area contributed by atoms with E-state index in [1.807, 2.05) is 263 Å². The van der Waals surface area contributed by atoms with Crippen LogP contribution in [0.1, 0.15) is 252 Å². The number of anilines is 5. The van der Waals surface area contributed by atoms with Crippen molar-refractivity contribution in [2.75, 3.05) is 74.2 Å². The van der Waals surface area contributed by atoms with Crippen LogP contribution in [0.25, 0.3) is 55.6 Å². The Morgan fingerprint density at radius 3 is 1.18 bits per heavy atom. The van der Waals surface area contributed by atoms with E-state index in [-0.39, 0.29) is 42.3 Å². The number of nitrogens with two attached hydrogens (primary N) is 1. The van der Waals surface area contributed by atoms with E-state index >= 15 is 0 Å². The highest BCUT2D eigenvalue weighted by Gasteiger charge is 2.46. The van der Waals surface area contributed by atoms with Crippen molar-refractivity contribution in [3.63, 3.8) is 0 Å². The number of carboxylic acid groups (broad SMARTS) is 1. The number of nitrogens with zero attached hydrogens (tertiary/aromatic N) is 2. The number of esters is 3. The lowest BCUT2D eigenvalue weighted by Crippen LogP contribution is -2.45. The maximum Gasteiger partial charge on any atom is 0.410 e. The quantitative estimate of drug-likeness (QED) is 0.0209. The first-order valence-electron chi connectivity index (χ1n) is 49.1. The number of halogens is 3. The molecule has 4 amide bonds. The highest BCUT2D eigenvalue weighted by Crippen LogP contribution is 2.54. The predicted octanol–water partition coefficient (Wildman–Crippen LogP) is 26.0. The predicted molar refractivity (Wildman–Crippen MR) is 582 cm³/mol. The molecule has 766 valence electrons. The molecule has 1 aliphatic carbocycles. The van der Waals surface area contributed by atoms with Crippen molar-refractivity contribution >= 4 is 124 Å². The summed E-state index contributed by atoms with van der Waals surface area (Å²) in [5.41, 5.74) is 33.1. The molecule has 4 heterocycles. The third kappa shape index (κ3) is 24.9. The van der Waals surface area contributed by atoms with Gasteiger partial charge in [-0.3, -0.25) is 19.3 Å². The topological polar surface area (TPSA) is 311 Å². The molecule has 144 heavy (non-hydrogen) atoms. The number of nitrogen functional groups attached to an aromatic ring is 1. The second kappa shape index (κ2) is 46.1. The number of methoxy groups -OCH3 is 3. The standard InChI is InChI=1S/C42H45BrN2O6.C27H35BrN2O4.C26H32N2O4.C22H28BrNO3/c1-24-18-20-27(21-19-24)34-25(2)36(43)37(26(3)35(34)38(40(47)49-7)51-42(4,5)6)44-39(46)33-17-12-22-45(33)41(48)50-23-32-30-15-10-8-13-28(30)29-14-9-11-16-31(29)32;1-15-10-12-18(13-11-15)20-16(2)22(28)23(30-25(31)19-9-8-14-29-19)17(3)21(20)24(26(32)33-7)34-27(4,5)6;1-14-9-11-17(12-10-14)19-16(3)22-21(27-24(29)18-8-7-13-28(18)22)15(2)20(19)23(25(30)31)32-26(4,5)6;1-12-8-10-15(11-9-12)16-13(2)18(23)19(24)14(3)17(16)20(21(25)26-7)27-22(4,5)6/h8-11,13-16,18-21,32-33,38H,12,17,22-23H2,1-7H3,(H,44,46);10-13,19,24,29H,8-9,14H2,1-7H3,(H,30,31);9-12,18,23H,7-8,13H2,1-6H3,(H,27,29)(H,30,31);8-11,20H,24H2,1-7H3/t33-,38-;19-,24-;18-,23-;20-/m0000/s1. The molecule has 7 N–H and O–H groups in total. The van der Waals surface area contributed by atoms with Crippen molar-refractivity contribution in [1.82, 2.24) is 10.2 Å². The molecule has 0 aromatic heterocycles. The summed E-state index contributed by atoms with van der Waals surface area (Å²) in [5.74, 6) is -3.03. The summed E-state index contributed by atoms with van der Waals surface area (Å²) in [6.45, 7) is 48.6. The Morgan fingerprint density at radius 2 is 0.799 bits per heavy atom. The van der Waals surface area contributed by atoms with Gasteiger partial charge in [0.2, 0.25) is 17.7 Å². The number of likely N-dealkylation sites (tertiary alicyclic amines) is 1. The van der Waals surface area contributed by atoms with Gasteiger partial charge in [0.15, 0.2) is 24.4 Å². The van der Waals surface area contributed by atoms with Crippen molar-refractivity contribution in [2.45, 2.75) is 276 Å². The summed E-state index contributed by atoms with van der Waals surface area (Å²) in [4.78, 5) is 109. The van der Waals surface area contributed by atoms with E-state index in [9.17, 15) is 43.5 Å². The van der Waals surface area contributed by atoms with Crippen molar-refractivity contribution in [1.29, 1.82) is 0 Å². The molecule has 3 fully saturated rings. The average molecular weight is 2160 g/mol. The first-order chi connectivity index (χ1) is 67.7. The monoisotopic (exact) mass is 2150 g/mol. The minimum Gasteiger partial charge on any atom is -0.479 e. The van der Waals surface area contributed by atoms with E-state index in [1.165, 1.54) is 31.8 Å². The second-order valence-corrected chi connectivity index (χ2v) is 44.3. The normalized spacial score (nSPS) is 16.2. The third-order valence-corrected chi connectivity index (χ3v) is 29.8. The number of carboxylic acids is 1. The summed E-state index contributed by atoms with van der Waals surface area (Å²) >= 11 is 11.1. The molecule has 24 nitrogen and oxygen atoms in total. The lowest BCUT2D eigenvalue weighted by Gasteiger charge is -2.38. The van der Waals surface area contributed by atoms with Crippen molar-refractivity contribution in [2.24, 2.45) is 0 Å². The summed E-state index contributed by atoms with van der Waals surface area (Å²) in [5, 5.41) is 22.8. The number of rotatable bonds is 22. The first-order valence-corrected chi connectivity index (χ1v) is 51.5. The number of aryl methyl sites for hydroxylation is 4. The Labute approximate surface area is 873 Å². The van der Waals surface area contributed by atoms with Crippen LogP contribution in [0.5, 0.6) is 0 Å². The number of carbonyl (C=O) groups excluding carboxylic acids is 7. The number of carbonyl (C=O) groups is 8. The third-order valence-electron chi connectivity index (χ3n) is 26.8. The van der Waals surface area contributed by atoms with Gasteiger partial charge in [0.25, 0.3) is 0 Å². The smallest absolute Gasteiger partial charge is 0.410 e. The number of hydrogen-bond donors (Lipinski definition) is 6. The first kappa shape index (κ1) is 111. The minimum atomic E-state index is -1.16. The largest absolute Gasteiger partial charge is 0.479 e. The van der Waals surface area contributed by atoms with Crippen LogP contribution in [-0.2, 0) is 71.5 Å². The van der Waals surface area contributed by atoms with Gasteiger partial charge in [-0.15, -0.1) is 0 Å². The van der Waals surface area contributed by atoms with Gasteiger partial charge in [0, 0.05) is 60.4 Å². The van der Waals surface area contributed by atoms with Gasteiger partial charge in [-0.2, -0.15) is 0 Å². The van der Waals surface area contributed by atoms with E-state index in [1.54, 1.807) is 0 Å². The Morgan fingerprint density at radius 1 is 0.438 bits per heavy atom. The molecule has 5 aliphatic rings. The molecule has 0 radical (unpaired) electrons. The molecular weight excluding hydrogens is 2020 g/mol. The number of amides is 4. The molecular formula is C117H140Br3N7O17. The minimum absolute atomic E-state index is 0.0184. The summed E-state index contributed by atoms with van der Waals surface area (Å²) in [6, 6.07) is 47.9. The molecule has 7 atom stereocenters. The Bertz CT molecular complexity index is 6460. The zero-order chi connectivity index (χ0) is 106.